The monoisotopic (exact) mass is 357 g/mol. The van der Waals surface area contributed by atoms with Crippen molar-refractivity contribution in [3.05, 3.63) is 35.4 Å². The lowest BCUT2D eigenvalue weighted by molar-refractivity contribution is -0.137. The standard InChI is InChI=1S/C18H22F3NO3/c1-16(2,3)25-15(24)22-17(11-5-4-6-14(17)23)12-7-9-13(10-8-12)18(19,20)21/h7-10H,4-6,11H2,1-3H3,(H,22,24)/t17-/m1/s1. The molecule has 1 aliphatic rings. The van der Waals surface area contributed by atoms with E-state index in [1.165, 1.54) is 12.1 Å². The fraction of sp³-hybridized carbons (Fsp3) is 0.556. The summed E-state index contributed by atoms with van der Waals surface area (Å²) in [7, 11) is 0. The average Bonchev–Trinajstić information content (AvgIpc) is 2.47. The van der Waals surface area contributed by atoms with Crippen molar-refractivity contribution in [2.75, 3.05) is 0 Å². The zero-order chi connectivity index (χ0) is 18.9. The molecule has 1 aliphatic carbocycles. The first kappa shape index (κ1) is 19.3. The van der Waals surface area contributed by atoms with Crippen molar-refractivity contribution in [2.45, 2.75) is 63.8 Å². The molecule has 1 atom stereocenters. The summed E-state index contributed by atoms with van der Waals surface area (Å²) >= 11 is 0. The second-order valence-corrected chi connectivity index (χ2v) is 7.24. The first-order valence-corrected chi connectivity index (χ1v) is 8.16. The van der Waals surface area contributed by atoms with Gasteiger partial charge in [0.2, 0.25) is 0 Å². The molecule has 0 bridgehead atoms. The number of hydrogen-bond acceptors (Lipinski definition) is 3. The van der Waals surface area contributed by atoms with Gasteiger partial charge in [0, 0.05) is 6.42 Å². The van der Waals surface area contributed by atoms with Crippen molar-refractivity contribution in [3.8, 4) is 0 Å². The summed E-state index contributed by atoms with van der Waals surface area (Å²) in [6, 6.07) is 4.36. The van der Waals surface area contributed by atoms with Gasteiger partial charge in [-0.1, -0.05) is 12.1 Å². The van der Waals surface area contributed by atoms with Crippen LogP contribution in [0.1, 0.15) is 57.6 Å². The van der Waals surface area contributed by atoms with E-state index in [2.05, 4.69) is 5.32 Å². The summed E-state index contributed by atoms with van der Waals surface area (Å²) in [6.45, 7) is 5.08. The van der Waals surface area contributed by atoms with Crippen molar-refractivity contribution >= 4 is 11.9 Å². The molecule has 138 valence electrons. The number of alkyl halides is 3. The Morgan fingerprint density at radius 2 is 1.72 bits per heavy atom. The minimum atomic E-state index is -4.46. The quantitative estimate of drug-likeness (QED) is 0.844. The van der Waals surface area contributed by atoms with E-state index in [0.29, 0.717) is 24.8 Å². The number of carbonyl (C=O) groups excluding carboxylic acids is 2. The lowest BCUT2D eigenvalue weighted by atomic mass is 9.75. The number of benzene rings is 1. The molecule has 0 unspecified atom stereocenters. The van der Waals surface area contributed by atoms with Crippen LogP contribution in [0.5, 0.6) is 0 Å². The fourth-order valence-electron chi connectivity index (χ4n) is 2.96. The molecule has 2 rings (SSSR count). The number of halogens is 3. The highest BCUT2D eigenvalue weighted by Gasteiger charge is 2.44. The van der Waals surface area contributed by atoms with Crippen molar-refractivity contribution in [3.63, 3.8) is 0 Å². The maximum absolute atomic E-state index is 12.8. The fourth-order valence-corrected chi connectivity index (χ4v) is 2.96. The minimum absolute atomic E-state index is 0.218. The number of ketones is 1. The number of amides is 1. The van der Waals surface area contributed by atoms with Crippen molar-refractivity contribution in [2.24, 2.45) is 0 Å². The minimum Gasteiger partial charge on any atom is -0.444 e. The molecule has 7 heteroatoms. The van der Waals surface area contributed by atoms with Gasteiger partial charge in [-0.15, -0.1) is 0 Å². The Labute approximate surface area is 144 Å². The van der Waals surface area contributed by atoms with E-state index in [-0.39, 0.29) is 12.2 Å². The molecule has 1 aromatic carbocycles. The van der Waals surface area contributed by atoms with Gasteiger partial charge in [-0.3, -0.25) is 4.79 Å². The van der Waals surface area contributed by atoms with Crippen LogP contribution in [0.3, 0.4) is 0 Å². The molecule has 0 radical (unpaired) electrons. The molecule has 0 aromatic heterocycles. The van der Waals surface area contributed by atoms with Crippen LogP contribution in [0.4, 0.5) is 18.0 Å². The third kappa shape index (κ3) is 4.52. The third-order valence-corrected chi connectivity index (χ3v) is 4.10. The Balaban J connectivity index is 2.36. The predicted molar refractivity (Wildman–Crippen MR) is 86.0 cm³/mol. The molecule has 0 saturated heterocycles. The van der Waals surface area contributed by atoms with Crippen LogP contribution in [0.2, 0.25) is 0 Å². The van der Waals surface area contributed by atoms with Gasteiger partial charge in [-0.2, -0.15) is 13.2 Å². The molecule has 4 nitrogen and oxygen atoms in total. The second kappa shape index (κ2) is 6.69. The molecule has 1 N–H and O–H groups in total. The molecule has 0 spiro atoms. The van der Waals surface area contributed by atoms with E-state index in [9.17, 15) is 22.8 Å². The van der Waals surface area contributed by atoms with Crippen molar-refractivity contribution < 1.29 is 27.5 Å². The van der Waals surface area contributed by atoms with E-state index in [1.807, 2.05) is 0 Å². The number of nitrogens with one attached hydrogen (secondary N) is 1. The van der Waals surface area contributed by atoms with E-state index in [4.69, 9.17) is 4.74 Å². The molecule has 0 aliphatic heterocycles. The van der Waals surface area contributed by atoms with Gasteiger partial charge in [0.05, 0.1) is 5.56 Å². The first-order valence-electron chi connectivity index (χ1n) is 8.16. The molecule has 0 heterocycles. The molecule has 25 heavy (non-hydrogen) atoms. The molecule has 1 saturated carbocycles. The van der Waals surface area contributed by atoms with Crippen LogP contribution in [-0.4, -0.2) is 17.5 Å². The van der Waals surface area contributed by atoms with Gasteiger partial charge in [-0.05, 0) is 57.7 Å². The van der Waals surface area contributed by atoms with Crippen LogP contribution in [0.15, 0.2) is 24.3 Å². The predicted octanol–water partition coefficient (Wildman–Crippen LogP) is 4.57. The Morgan fingerprint density at radius 1 is 1.12 bits per heavy atom. The smallest absolute Gasteiger partial charge is 0.416 e. The zero-order valence-electron chi connectivity index (χ0n) is 14.5. The Hall–Kier alpha value is -2.05. The molecular formula is C18H22F3NO3. The highest BCUT2D eigenvalue weighted by Crippen LogP contribution is 2.37. The highest BCUT2D eigenvalue weighted by atomic mass is 19.4. The number of alkyl carbamates (subject to hydrolysis) is 1. The summed E-state index contributed by atoms with van der Waals surface area (Å²) in [6.07, 6.45) is -3.25. The number of ether oxygens (including phenoxy) is 1. The first-order chi connectivity index (χ1) is 11.4. The van der Waals surface area contributed by atoms with Gasteiger partial charge in [-0.25, -0.2) is 4.79 Å². The number of Topliss-reactive ketones (excluding diaryl/α,β-unsaturated/α-hetero) is 1. The van der Waals surface area contributed by atoms with E-state index >= 15 is 0 Å². The summed E-state index contributed by atoms with van der Waals surface area (Å²) in [5.41, 5.74) is -2.55. The maximum Gasteiger partial charge on any atom is 0.416 e. The Morgan fingerprint density at radius 3 is 2.20 bits per heavy atom. The van der Waals surface area contributed by atoms with E-state index in [1.54, 1.807) is 20.8 Å². The van der Waals surface area contributed by atoms with E-state index in [0.717, 1.165) is 12.1 Å². The number of rotatable bonds is 2. The summed E-state index contributed by atoms with van der Waals surface area (Å²) in [4.78, 5) is 24.8. The molecule has 1 aromatic rings. The molecule has 1 fully saturated rings. The maximum atomic E-state index is 12.8. The topological polar surface area (TPSA) is 55.4 Å². The highest BCUT2D eigenvalue weighted by molar-refractivity contribution is 5.93. The molecular weight excluding hydrogens is 335 g/mol. The number of carbonyl (C=O) groups is 2. The Bertz CT molecular complexity index is 647. The summed E-state index contributed by atoms with van der Waals surface area (Å²) in [5, 5.41) is 2.62. The van der Waals surface area contributed by atoms with Crippen LogP contribution >= 0.6 is 0 Å². The van der Waals surface area contributed by atoms with Gasteiger partial charge < -0.3 is 10.1 Å². The normalized spacial score (nSPS) is 21.8. The van der Waals surface area contributed by atoms with Gasteiger partial charge in [0.15, 0.2) is 5.78 Å². The Kier molecular flexibility index (Phi) is 5.16. The van der Waals surface area contributed by atoms with Crippen LogP contribution in [0, 0.1) is 0 Å². The lowest BCUT2D eigenvalue weighted by Crippen LogP contribution is -2.54. The van der Waals surface area contributed by atoms with E-state index < -0.39 is 29.0 Å². The lowest BCUT2D eigenvalue weighted by Gasteiger charge is -2.37. The average molecular weight is 357 g/mol. The largest absolute Gasteiger partial charge is 0.444 e. The summed E-state index contributed by atoms with van der Waals surface area (Å²) in [5.74, 6) is -0.218. The summed E-state index contributed by atoms with van der Waals surface area (Å²) < 4.78 is 43.6. The van der Waals surface area contributed by atoms with Crippen LogP contribution in [0.25, 0.3) is 0 Å². The van der Waals surface area contributed by atoms with Gasteiger partial charge >= 0.3 is 12.3 Å². The van der Waals surface area contributed by atoms with Crippen molar-refractivity contribution in [1.82, 2.24) is 5.32 Å². The SMILES string of the molecule is CC(C)(C)OC(=O)N[C@@]1(c2ccc(C(F)(F)F)cc2)CCCCC1=O. The number of hydrogen-bond donors (Lipinski definition) is 1. The second-order valence-electron chi connectivity index (χ2n) is 7.24. The third-order valence-electron chi connectivity index (χ3n) is 4.10. The van der Waals surface area contributed by atoms with Crippen molar-refractivity contribution in [1.29, 1.82) is 0 Å². The molecule has 1 amide bonds. The van der Waals surface area contributed by atoms with Crippen LogP contribution < -0.4 is 5.32 Å². The van der Waals surface area contributed by atoms with Gasteiger partial charge in [0.1, 0.15) is 11.1 Å². The van der Waals surface area contributed by atoms with Gasteiger partial charge in [0.25, 0.3) is 0 Å². The van der Waals surface area contributed by atoms with Crippen LogP contribution in [-0.2, 0) is 21.2 Å². The zero-order valence-corrected chi connectivity index (χ0v) is 14.5.